The highest BCUT2D eigenvalue weighted by molar-refractivity contribution is 7.11. The van der Waals surface area contributed by atoms with Crippen LogP contribution in [0.3, 0.4) is 0 Å². The summed E-state index contributed by atoms with van der Waals surface area (Å²) >= 11 is 1.57. The molecule has 1 heterocycles. The van der Waals surface area contributed by atoms with Gasteiger partial charge in [0.05, 0.1) is 24.3 Å². The summed E-state index contributed by atoms with van der Waals surface area (Å²) in [7, 11) is 0. The van der Waals surface area contributed by atoms with Crippen molar-refractivity contribution in [1.82, 2.24) is 4.98 Å². The third-order valence-electron chi connectivity index (χ3n) is 2.20. The first-order valence-corrected chi connectivity index (χ1v) is 5.16. The molecule has 0 amide bonds. The van der Waals surface area contributed by atoms with Crippen LogP contribution in [0.2, 0.25) is 0 Å². The number of hydrogen-bond acceptors (Lipinski definition) is 4. The topological polar surface area (TPSA) is 56.9 Å². The third-order valence-corrected chi connectivity index (χ3v) is 3.33. The van der Waals surface area contributed by atoms with E-state index in [1.165, 1.54) is 4.88 Å². The van der Waals surface area contributed by atoms with Crippen LogP contribution in [0, 0.1) is 11.3 Å². The maximum atomic E-state index is 9.60. The zero-order chi connectivity index (χ0) is 9.26. The fraction of sp³-hybridized carbons (Fsp3) is 0.556. The molecule has 0 bridgehead atoms. The Morgan fingerprint density at radius 1 is 1.69 bits per heavy atom. The van der Waals surface area contributed by atoms with Crippen LogP contribution >= 0.6 is 11.3 Å². The summed E-state index contributed by atoms with van der Waals surface area (Å²) in [6.07, 6.45) is 2.82. The summed E-state index contributed by atoms with van der Waals surface area (Å²) in [5.74, 6) is 0. The lowest BCUT2D eigenvalue weighted by molar-refractivity contribution is 0.153. The molecule has 3 nitrogen and oxygen atoms in total. The van der Waals surface area contributed by atoms with Crippen LogP contribution in [0.15, 0.2) is 0 Å². The van der Waals surface area contributed by atoms with Gasteiger partial charge in [-0.1, -0.05) is 0 Å². The zero-order valence-corrected chi connectivity index (χ0v) is 7.97. The Labute approximate surface area is 80.7 Å². The maximum absolute atomic E-state index is 9.60. The van der Waals surface area contributed by atoms with E-state index in [4.69, 9.17) is 5.26 Å². The molecule has 2 rings (SSSR count). The average molecular weight is 194 g/mol. The second kappa shape index (κ2) is 3.44. The Bertz CT molecular complexity index is 353. The summed E-state index contributed by atoms with van der Waals surface area (Å²) < 4.78 is 0. The van der Waals surface area contributed by atoms with Crippen molar-refractivity contribution >= 4 is 11.3 Å². The number of aliphatic hydroxyl groups excluding tert-OH is 1. The Balaban J connectivity index is 2.32. The second-order valence-corrected chi connectivity index (χ2v) is 4.33. The molecule has 1 aliphatic rings. The highest BCUT2D eigenvalue weighted by Crippen LogP contribution is 2.32. The number of fused-ring (bicyclic) bond motifs is 1. The van der Waals surface area contributed by atoms with Crippen LogP contribution in [0.25, 0.3) is 0 Å². The molecule has 4 heteroatoms. The van der Waals surface area contributed by atoms with E-state index >= 15 is 0 Å². The van der Waals surface area contributed by atoms with Gasteiger partial charge in [0.1, 0.15) is 5.01 Å². The van der Waals surface area contributed by atoms with Gasteiger partial charge in [-0.2, -0.15) is 5.26 Å². The van der Waals surface area contributed by atoms with Gasteiger partial charge in [0.2, 0.25) is 0 Å². The van der Waals surface area contributed by atoms with Crippen molar-refractivity contribution < 1.29 is 5.11 Å². The summed E-state index contributed by atoms with van der Waals surface area (Å²) in [6, 6.07) is 2.07. The SMILES string of the molecule is N#CCc1nc2c(s1)CCCC2O. The molecule has 0 aliphatic heterocycles. The van der Waals surface area contributed by atoms with Gasteiger partial charge in [0, 0.05) is 4.88 Å². The Morgan fingerprint density at radius 2 is 2.54 bits per heavy atom. The van der Waals surface area contributed by atoms with E-state index in [1.807, 2.05) is 0 Å². The summed E-state index contributed by atoms with van der Waals surface area (Å²) in [6.45, 7) is 0. The van der Waals surface area contributed by atoms with Crippen molar-refractivity contribution in [3.8, 4) is 6.07 Å². The van der Waals surface area contributed by atoms with Gasteiger partial charge in [0.15, 0.2) is 0 Å². The van der Waals surface area contributed by atoms with E-state index in [2.05, 4.69) is 11.1 Å². The Hall–Kier alpha value is -0.920. The molecule has 0 saturated heterocycles. The number of nitrogens with zero attached hydrogens (tertiary/aromatic N) is 2. The second-order valence-electron chi connectivity index (χ2n) is 3.16. The Kier molecular flexibility index (Phi) is 2.30. The molecule has 0 spiro atoms. The van der Waals surface area contributed by atoms with Crippen LogP contribution in [-0.4, -0.2) is 10.1 Å². The number of aryl methyl sites for hydroxylation is 1. The van der Waals surface area contributed by atoms with Gasteiger partial charge in [0.25, 0.3) is 0 Å². The van der Waals surface area contributed by atoms with Gasteiger partial charge >= 0.3 is 0 Å². The van der Waals surface area contributed by atoms with Gasteiger partial charge < -0.3 is 5.11 Å². The first-order valence-electron chi connectivity index (χ1n) is 4.34. The fourth-order valence-electron chi connectivity index (χ4n) is 1.59. The minimum Gasteiger partial charge on any atom is -0.387 e. The number of aromatic nitrogens is 1. The quantitative estimate of drug-likeness (QED) is 0.738. The smallest absolute Gasteiger partial charge is 0.107 e. The van der Waals surface area contributed by atoms with Gasteiger partial charge in [-0.3, -0.25) is 0 Å². The molecule has 1 aromatic heterocycles. The molecule has 0 saturated carbocycles. The van der Waals surface area contributed by atoms with Crippen molar-refractivity contribution in [1.29, 1.82) is 5.26 Å². The highest BCUT2D eigenvalue weighted by Gasteiger charge is 2.22. The molecule has 1 atom stereocenters. The molecule has 1 aromatic rings. The minimum atomic E-state index is -0.396. The van der Waals surface area contributed by atoms with E-state index in [9.17, 15) is 5.11 Å². The normalized spacial score (nSPS) is 20.8. The van der Waals surface area contributed by atoms with Gasteiger partial charge in [-0.25, -0.2) is 4.98 Å². The predicted octanol–water partition coefficient (Wildman–Crippen LogP) is 1.58. The van der Waals surface area contributed by atoms with Crippen LogP contribution in [0.5, 0.6) is 0 Å². The monoisotopic (exact) mass is 194 g/mol. The van der Waals surface area contributed by atoms with Crippen LogP contribution < -0.4 is 0 Å². The maximum Gasteiger partial charge on any atom is 0.107 e. The van der Waals surface area contributed by atoms with E-state index < -0.39 is 6.10 Å². The lowest BCUT2D eigenvalue weighted by Gasteiger charge is -2.14. The van der Waals surface area contributed by atoms with Gasteiger partial charge in [-0.15, -0.1) is 11.3 Å². The van der Waals surface area contributed by atoms with E-state index in [0.717, 1.165) is 30.0 Å². The summed E-state index contributed by atoms with van der Waals surface area (Å²) in [4.78, 5) is 5.44. The summed E-state index contributed by atoms with van der Waals surface area (Å²) in [5.41, 5.74) is 0.821. The van der Waals surface area contributed by atoms with Crippen LogP contribution in [0.4, 0.5) is 0 Å². The molecule has 0 fully saturated rings. The van der Waals surface area contributed by atoms with Crippen molar-refractivity contribution in [3.63, 3.8) is 0 Å². The molecule has 0 radical (unpaired) electrons. The molecule has 1 aliphatic carbocycles. The first kappa shape index (κ1) is 8.67. The number of hydrogen-bond donors (Lipinski definition) is 1. The standard InChI is InChI=1S/C9H10N2OS/c10-5-4-8-11-9-6(12)2-1-3-7(9)13-8/h6,12H,1-4H2. The molecular formula is C9H10N2OS. The lowest BCUT2D eigenvalue weighted by atomic mass is 10.0. The van der Waals surface area contributed by atoms with Crippen molar-refractivity contribution in [2.24, 2.45) is 0 Å². The van der Waals surface area contributed by atoms with Crippen molar-refractivity contribution in [2.45, 2.75) is 31.8 Å². The fourth-order valence-corrected chi connectivity index (χ4v) is 2.69. The van der Waals surface area contributed by atoms with Crippen LogP contribution in [-0.2, 0) is 12.8 Å². The number of thiazole rings is 1. The predicted molar refractivity (Wildman–Crippen MR) is 49.3 cm³/mol. The van der Waals surface area contributed by atoms with Crippen molar-refractivity contribution in [2.75, 3.05) is 0 Å². The number of rotatable bonds is 1. The third kappa shape index (κ3) is 1.58. The molecule has 1 N–H and O–H groups in total. The first-order chi connectivity index (χ1) is 6.31. The van der Waals surface area contributed by atoms with E-state index in [0.29, 0.717) is 6.42 Å². The van der Waals surface area contributed by atoms with Gasteiger partial charge in [-0.05, 0) is 19.3 Å². The number of aliphatic hydroxyl groups is 1. The minimum absolute atomic E-state index is 0.365. The molecular weight excluding hydrogens is 184 g/mol. The molecule has 0 aromatic carbocycles. The highest BCUT2D eigenvalue weighted by atomic mass is 32.1. The molecule has 1 unspecified atom stereocenters. The molecule has 13 heavy (non-hydrogen) atoms. The lowest BCUT2D eigenvalue weighted by Crippen LogP contribution is -2.07. The van der Waals surface area contributed by atoms with Crippen molar-refractivity contribution in [3.05, 3.63) is 15.6 Å². The van der Waals surface area contributed by atoms with E-state index in [-0.39, 0.29) is 0 Å². The molecule has 68 valence electrons. The van der Waals surface area contributed by atoms with E-state index in [1.54, 1.807) is 11.3 Å². The number of nitriles is 1. The average Bonchev–Trinajstić information content (AvgIpc) is 2.49. The largest absolute Gasteiger partial charge is 0.387 e. The summed E-state index contributed by atoms with van der Waals surface area (Å²) in [5, 5.41) is 18.9. The Morgan fingerprint density at radius 3 is 3.23 bits per heavy atom. The zero-order valence-electron chi connectivity index (χ0n) is 7.16. The van der Waals surface area contributed by atoms with Crippen LogP contribution in [0.1, 0.15) is 34.5 Å².